The maximum absolute atomic E-state index is 11.8. The number of carbonyl (C=O) groups is 1. The van der Waals surface area contributed by atoms with Crippen LogP contribution in [0.2, 0.25) is 0 Å². The second kappa shape index (κ2) is 6.38. The van der Waals surface area contributed by atoms with Gasteiger partial charge in [-0.2, -0.15) is 13.2 Å². The number of hydrogen-bond donors (Lipinski definition) is 1. The molecule has 106 valence electrons. The number of rotatable bonds is 4. The van der Waals surface area contributed by atoms with Crippen molar-refractivity contribution in [3.05, 3.63) is 0 Å². The van der Waals surface area contributed by atoms with Crippen LogP contribution in [-0.4, -0.2) is 54.5 Å². The maximum Gasteiger partial charge on any atom is 0.411 e. The van der Waals surface area contributed by atoms with Crippen molar-refractivity contribution in [1.29, 1.82) is 0 Å². The van der Waals surface area contributed by atoms with Crippen molar-refractivity contribution >= 4 is 5.91 Å². The molecule has 0 spiro atoms. The number of aliphatic hydroxyl groups excluding tert-OH is 1. The molecule has 1 heterocycles. The Morgan fingerprint density at radius 1 is 1.50 bits per heavy atom. The summed E-state index contributed by atoms with van der Waals surface area (Å²) in [5.41, 5.74) is 0. The van der Waals surface area contributed by atoms with E-state index in [1.54, 1.807) is 4.90 Å². The highest BCUT2D eigenvalue weighted by atomic mass is 19.4. The van der Waals surface area contributed by atoms with Gasteiger partial charge in [-0.25, -0.2) is 0 Å². The van der Waals surface area contributed by atoms with Gasteiger partial charge in [-0.3, -0.25) is 4.79 Å². The molecule has 1 saturated heterocycles. The van der Waals surface area contributed by atoms with E-state index < -0.39 is 18.9 Å². The van der Waals surface area contributed by atoms with Gasteiger partial charge < -0.3 is 14.7 Å². The number of amides is 1. The summed E-state index contributed by atoms with van der Waals surface area (Å²) in [6.07, 6.45) is -4.31. The first-order chi connectivity index (χ1) is 8.29. The summed E-state index contributed by atoms with van der Waals surface area (Å²) in [5.74, 6) is -0.227. The molecule has 7 heteroatoms. The van der Waals surface area contributed by atoms with Crippen molar-refractivity contribution in [3.63, 3.8) is 0 Å². The van der Waals surface area contributed by atoms with E-state index in [1.165, 1.54) is 0 Å². The Morgan fingerprint density at radius 3 is 2.72 bits per heavy atom. The normalized spacial score (nSPS) is 25.3. The van der Waals surface area contributed by atoms with Gasteiger partial charge in [0, 0.05) is 13.1 Å². The summed E-state index contributed by atoms with van der Waals surface area (Å²) in [6, 6.07) is 0. The number of aliphatic hydroxyl groups is 1. The molecule has 0 bridgehead atoms. The summed E-state index contributed by atoms with van der Waals surface area (Å²) in [7, 11) is 0. The summed E-state index contributed by atoms with van der Waals surface area (Å²) < 4.78 is 39.7. The number of nitrogens with zero attached hydrogens (tertiary/aromatic N) is 1. The lowest BCUT2D eigenvalue weighted by Gasteiger charge is -2.34. The van der Waals surface area contributed by atoms with Gasteiger partial charge in [-0.15, -0.1) is 0 Å². The predicted octanol–water partition coefficient (Wildman–Crippen LogP) is 1.18. The van der Waals surface area contributed by atoms with Gasteiger partial charge in [-0.05, 0) is 12.3 Å². The maximum atomic E-state index is 11.8. The van der Waals surface area contributed by atoms with Crippen LogP contribution in [0.3, 0.4) is 0 Å². The number of carbonyl (C=O) groups excluding carboxylic acids is 1. The molecule has 1 rings (SSSR count). The minimum absolute atomic E-state index is 0.00112. The minimum atomic E-state index is -4.35. The Labute approximate surface area is 104 Å². The van der Waals surface area contributed by atoms with E-state index in [9.17, 15) is 23.1 Å². The van der Waals surface area contributed by atoms with Crippen molar-refractivity contribution < 1.29 is 27.8 Å². The predicted molar refractivity (Wildman–Crippen MR) is 57.9 cm³/mol. The molecule has 0 aromatic heterocycles. The molecule has 0 aromatic carbocycles. The first-order valence-corrected chi connectivity index (χ1v) is 5.90. The van der Waals surface area contributed by atoms with Gasteiger partial charge in [0.2, 0.25) is 5.91 Å². The quantitative estimate of drug-likeness (QED) is 0.780. The Hall–Kier alpha value is -0.820. The Morgan fingerprint density at radius 2 is 2.17 bits per heavy atom. The topological polar surface area (TPSA) is 49.8 Å². The molecule has 0 aliphatic carbocycles. The zero-order valence-electron chi connectivity index (χ0n) is 10.2. The number of halogens is 3. The summed E-state index contributed by atoms with van der Waals surface area (Å²) >= 11 is 0. The van der Waals surface area contributed by atoms with Crippen molar-refractivity contribution in [2.45, 2.75) is 32.0 Å². The average Bonchev–Trinajstić information content (AvgIpc) is 2.26. The number of alkyl halides is 3. The van der Waals surface area contributed by atoms with E-state index in [-0.39, 0.29) is 24.9 Å². The van der Waals surface area contributed by atoms with Crippen LogP contribution in [0, 0.1) is 5.92 Å². The minimum Gasteiger partial charge on any atom is -0.393 e. The molecule has 1 aliphatic rings. The third kappa shape index (κ3) is 5.22. The Balaban J connectivity index is 2.21. The molecule has 1 fully saturated rings. The lowest BCUT2D eigenvalue weighted by atomic mass is 9.96. The molecule has 1 aliphatic heterocycles. The smallest absolute Gasteiger partial charge is 0.393 e. The average molecular weight is 269 g/mol. The number of ether oxygens (including phenoxy) is 1. The zero-order chi connectivity index (χ0) is 13.8. The highest BCUT2D eigenvalue weighted by Crippen LogP contribution is 2.17. The van der Waals surface area contributed by atoms with Crippen LogP contribution in [0.4, 0.5) is 13.2 Å². The van der Waals surface area contributed by atoms with Gasteiger partial charge in [-0.1, -0.05) is 6.92 Å². The molecule has 1 amide bonds. The van der Waals surface area contributed by atoms with Crippen molar-refractivity contribution in [1.82, 2.24) is 4.90 Å². The standard InChI is InChI=1S/C11H18F3NO3/c1-8-6-15(4-2-9(8)16)10(17)3-5-18-7-11(12,13)14/h8-9,16H,2-7H2,1H3. The van der Waals surface area contributed by atoms with E-state index in [0.717, 1.165) is 0 Å². The van der Waals surface area contributed by atoms with Crippen LogP contribution in [0.5, 0.6) is 0 Å². The molecule has 2 atom stereocenters. The van der Waals surface area contributed by atoms with Crippen LogP contribution in [-0.2, 0) is 9.53 Å². The molecule has 0 aromatic rings. The monoisotopic (exact) mass is 269 g/mol. The molecular formula is C11H18F3NO3. The van der Waals surface area contributed by atoms with Crippen molar-refractivity contribution in [2.24, 2.45) is 5.92 Å². The second-order valence-corrected chi connectivity index (χ2v) is 4.59. The van der Waals surface area contributed by atoms with Crippen LogP contribution < -0.4 is 0 Å². The van der Waals surface area contributed by atoms with Gasteiger partial charge in [0.05, 0.1) is 19.1 Å². The Bertz CT molecular complexity index is 283. The molecule has 2 unspecified atom stereocenters. The highest BCUT2D eigenvalue weighted by Gasteiger charge is 2.29. The number of piperidine rings is 1. The van der Waals surface area contributed by atoms with E-state index in [2.05, 4.69) is 4.74 Å². The molecular weight excluding hydrogens is 251 g/mol. The Kier molecular flexibility index (Phi) is 5.40. The highest BCUT2D eigenvalue weighted by molar-refractivity contribution is 5.76. The van der Waals surface area contributed by atoms with Gasteiger partial charge >= 0.3 is 6.18 Å². The number of likely N-dealkylation sites (tertiary alicyclic amines) is 1. The fourth-order valence-corrected chi connectivity index (χ4v) is 1.87. The molecule has 1 N–H and O–H groups in total. The fraction of sp³-hybridized carbons (Fsp3) is 0.909. The number of hydrogen-bond acceptors (Lipinski definition) is 3. The largest absolute Gasteiger partial charge is 0.411 e. The van der Waals surface area contributed by atoms with Crippen molar-refractivity contribution in [2.75, 3.05) is 26.3 Å². The lowest BCUT2D eigenvalue weighted by molar-refractivity contribution is -0.175. The third-order valence-electron chi connectivity index (χ3n) is 2.94. The summed E-state index contributed by atoms with van der Waals surface area (Å²) in [5, 5.41) is 9.49. The molecule has 18 heavy (non-hydrogen) atoms. The third-order valence-corrected chi connectivity index (χ3v) is 2.94. The van der Waals surface area contributed by atoms with Gasteiger partial charge in [0.1, 0.15) is 6.61 Å². The van der Waals surface area contributed by atoms with Gasteiger partial charge in [0.25, 0.3) is 0 Å². The van der Waals surface area contributed by atoms with Crippen LogP contribution >= 0.6 is 0 Å². The van der Waals surface area contributed by atoms with E-state index in [0.29, 0.717) is 19.5 Å². The molecule has 0 radical (unpaired) electrons. The lowest BCUT2D eigenvalue weighted by Crippen LogP contribution is -2.45. The first-order valence-electron chi connectivity index (χ1n) is 5.90. The van der Waals surface area contributed by atoms with Crippen LogP contribution in [0.25, 0.3) is 0 Å². The fourth-order valence-electron chi connectivity index (χ4n) is 1.87. The van der Waals surface area contributed by atoms with Crippen LogP contribution in [0.15, 0.2) is 0 Å². The van der Waals surface area contributed by atoms with E-state index in [4.69, 9.17) is 0 Å². The zero-order valence-corrected chi connectivity index (χ0v) is 10.2. The first kappa shape index (κ1) is 15.2. The SMILES string of the molecule is CC1CN(C(=O)CCOCC(F)(F)F)CCC1O. The summed E-state index contributed by atoms with van der Waals surface area (Å²) in [6.45, 7) is 1.17. The second-order valence-electron chi connectivity index (χ2n) is 4.59. The summed E-state index contributed by atoms with van der Waals surface area (Å²) in [4.78, 5) is 13.2. The van der Waals surface area contributed by atoms with Crippen molar-refractivity contribution in [3.8, 4) is 0 Å². The molecule has 0 saturated carbocycles. The van der Waals surface area contributed by atoms with Crippen LogP contribution in [0.1, 0.15) is 19.8 Å². The van der Waals surface area contributed by atoms with Gasteiger partial charge in [0.15, 0.2) is 0 Å². The van der Waals surface area contributed by atoms with E-state index >= 15 is 0 Å². The molecule has 4 nitrogen and oxygen atoms in total. The van der Waals surface area contributed by atoms with E-state index in [1.807, 2.05) is 6.92 Å².